The number of amides is 2. The van der Waals surface area contributed by atoms with Crippen LogP contribution in [0.1, 0.15) is 38.2 Å². The van der Waals surface area contributed by atoms with Gasteiger partial charge in [0.05, 0.1) is 5.69 Å². The maximum absolute atomic E-state index is 12.3. The Balaban J connectivity index is 1.48. The van der Waals surface area contributed by atoms with Gasteiger partial charge in [0.1, 0.15) is 5.82 Å². The molecule has 0 bridgehead atoms. The molecule has 1 fully saturated rings. The maximum atomic E-state index is 12.3. The largest absolute Gasteiger partial charge is 0.338 e. The number of imidazole rings is 1. The summed E-state index contributed by atoms with van der Waals surface area (Å²) in [5, 5.41) is 3.57. The van der Waals surface area contributed by atoms with Gasteiger partial charge in [0.25, 0.3) is 0 Å². The molecular formula is C16H26N4OS. The molecule has 0 spiro atoms. The van der Waals surface area contributed by atoms with Crippen LogP contribution in [0.3, 0.4) is 0 Å². The number of fused-ring (bicyclic) bond motifs is 1. The number of aromatic nitrogens is 2. The number of nitrogens with one attached hydrogen (secondary N) is 1. The van der Waals surface area contributed by atoms with Gasteiger partial charge in [-0.3, -0.25) is 0 Å². The zero-order chi connectivity index (χ0) is 15.5. The highest BCUT2D eigenvalue weighted by Gasteiger charge is 2.28. The highest BCUT2D eigenvalue weighted by Crippen LogP contribution is 2.24. The molecule has 22 heavy (non-hydrogen) atoms. The van der Waals surface area contributed by atoms with Gasteiger partial charge in [0, 0.05) is 55.7 Å². The predicted molar refractivity (Wildman–Crippen MR) is 90.4 cm³/mol. The first-order chi connectivity index (χ1) is 10.6. The SMILES string of the molecule is C[C@@H]1[C@@H](C)SCCN1C(=O)NCCc1cn2c(n1)CCCC2. The number of aryl methyl sites for hydroxylation is 2. The molecule has 1 aromatic heterocycles. The monoisotopic (exact) mass is 322 g/mol. The Bertz CT molecular complexity index is 507. The Labute approximate surface area is 136 Å². The maximum Gasteiger partial charge on any atom is 0.317 e. The molecule has 0 radical (unpaired) electrons. The Hall–Kier alpha value is -1.17. The Morgan fingerprint density at radius 2 is 2.27 bits per heavy atom. The molecule has 0 aliphatic carbocycles. The van der Waals surface area contributed by atoms with Gasteiger partial charge in [-0.1, -0.05) is 6.92 Å². The lowest BCUT2D eigenvalue weighted by molar-refractivity contribution is 0.180. The van der Waals surface area contributed by atoms with Gasteiger partial charge in [0.15, 0.2) is 0 Å². The van der Waals surface area contributed by atoms with Crippen molar-refractivity contribution in [3.63, 3.8) is 0 Å². The Morgan fingerprint density at radius 1 is 1.41 bits per heavy atom. The van der Waals surface area contributed by atoms with Crippen molar-refractivity contribution >= 4 is 17.8 Å². The van der Waals surface area contributed by atoms with Crippen molar-refractivity contribution in [1.82, 2.24) is 19.8 Å². The summed E-state index contributed by atoms with van der Waals surface area (Å²) in [5.74, 6) is 2.25. The molecule has 6 heteroatoms. The fraction of sp³-hybridized carbons (Fsp3) is 0.750. The summed E-state index contributed by atoms with van der Waals surface area (Å²) in [7, 11) is 0. The minimum absolute atomic E-state index is 0.0728. The van der Waals surface area contributed by atoms with Gasteiger partial charge in [-0.25, -0.2) is 9.78 Å². The van der Waals surface area contributed by atoms with Gasteiger partial charge in [-0.05, 0) is 19.8 Å². The first kappa shape index (κ1) is 15.7. The minimum atomic E-state index is 0.0728. The van der Waals surface area contributed by atoms with E-state index in [0.717, 1.165) is 37.4 Å². The van der Waals surface area contributed by atoms with Crippen molar-refractivity contribution in [2.45, 2.75) is 57.4 Å². The average molecular weight is 322 g/mol. The Kier molecular flexibility index (Phi) is 4.96. The van der Waals surface area contributed by atoms with E-state index < -0.39 is 0 Å². The van der Waals surface area contributed by atoms with Crippen molar-refractivity contribution in [1.29, 1.82) is 0 Å². The van der Waals surface area contributed by atoms with E-state index in [9.17, 15) is 4.79 Å². The van der Waals surface area contributed by atoms with E-state index in [4.69, 9.17) is 0 Å². The topological polar surface area (TPSA) is 50.2 Å². The second-order valence-electron chi connectivity index (χ2n) is 6.29. The smallest absolute Gasteiger partial charge is 0.317 e. The molecule has 1 N–H and O–H groups in total. The third kappa shape index (κ3) is 3.42. The number of hydrogen-bond donors (Lipinski definition) is 1. The summed E-state index contributed by atoms with van der Waals surface area (Å²) in [6.45, 7) is 6.95. The first-order valence-corrected chi connectivity index (χ1v) is 9.41. The molecule has 2 atom stereocenters. The minimum Gasteiger partial charge on any atom is -0.338 e. The molecule has 3 rings (SSSR count). The van der Waals surface area contributed by atoms with Crippen molar-refractivity contribution in [2.75, 3.05) is 18.8 Å². The summed E-state index contributed by atoms with van der Waals surface area (Å²) < 4.78 is 2.27. The molecule has 0 saturated carbocycles. The molecule has 0 aromatic carbocycles. The predicted octanol–water partition coefficient (Wildman–Crippen LogP) is 2.30. The van der Waals surface area contributed by atoms with Gasteiger partial charge in [-0.15, -0.1) is 0 Å². The highest BCUT2D eigenvalue weighted by molar-refractivity contribution is 8.00. The van der Waals surface area contributed by atoms with Gasteiger partial charge >= 0.3 is 6.03 Å². The van der Waals surface area contributed by atoms with E-state index >= 15 is 0 Å². The van der Waals surface area contributed by atoms with E-state index in [0.29, 0.717) is 17.8 Å². The number of thioether (sulfide) groups is 1. The van der Waals surface area contributed by atoms with Crippen LogP contribution in [-0.2, 0) is 19.4 Å². The molecular weight excluding hydrogens is 296 g/mol. The molecule has 1 aromatic rings. The van der Waals surface area contributed by atoms with Crippen molar-refractivity contribution in [3.05, 3.63) is 17.7 Å². The number of nitrogens with zero attached hydrogens (tertiary/aromatic N) is 3. The van der Waals surface area contributed by atoms with Crippen LogP contribution in [-0.4, -0.2) is 50.6 Å². The summed E-state index contributed by atoms with van der Waals surface area (Å²) in [6, 6.07) is 0.377. The average Bonchev–Trinajstić information content (AvgIpc) is 2.92. The lowest BCUT2D eigenvalue weighted by Crippen LogP contribution is -2.52. The van der Waals surface area contributed by atoms with Crippen molar-refractivity contribution in [3.8, 4) is 0 Å². The van der Waals surface area contributed by atoms with Crippen LogP contribution < -0.4 is 5.32 Å². The van der Waals surface area contributed by atoms with Crippen LogP contribution in [0.2, 0.25) is 0 Å². The standard InChI is InChI=1S/C16H26N4OS/c1-12-13(2)22-10-9-20(12)16(21)17-7-6-14-11-19-8-4-3-5-15(19)18-14/h11-13H,3-10H2,1-2H3,(H,17,21)/t12-,13-/m1/s1. The zero-order valence-corrected chi connectivity index (χ0v) is 14.4. The molecule has 0 unspecified atom stereocenters. The van der Waals surface area contributed by atoms with E-state index in [1.807, 2.05) is 16.7 Å². The van der Waals surface area contributed by atoms with Crippen LogP contribution in [0.15, 0.2) is 6.20 Å². The third-order valence-electron chi connectivity index (χ3n) is 4.76. The molecule has 3 heterocycles. The highest BCUT2D eigenvalue weighted by atomic mass is 32.2. The van der Waals surface area contributed by atoms with Crippen LogP contribution in [0, 0.1) is 0 Å². The number of carbonyl (C=O) groups excluding carboxylic acids is 1. The lowest BCUT2D eigenvalue weighted by atomic mass is 10.2. The quantitative estimate of drug-likeness (QED) is 0.929. The second kappa shape index (κ2) is 6.94. The number of carbonyl (C=O) groups is 1. The van der Waals surface area contributed by atoms with Crippen LogP contribution in [0.4, 0.5) is 4.79 Å². The van der Waals surface area contributed by atoms with Gasteiger partial charge in [-0.2, -0.15) is 11.8 Å². The van der Waals surface area contributed by atoms with Gasteiger partial charge in [0.2, 0.25) is 0 Å². The van der Waals surface area contributed by atoms with Crippen molar-refractivity contribution in [2.24, 2.45) is 0 Å². The van der Waals surface area contributed by atoms with E-state index in [-0.39, 0.29) is 6.03 Å². The molecule has 2 aliphatic heterocycles. The Morgan fingerprint density at radius 3 is 3.09 bits per heavy atom. The molecule has 5 nitrogen and oxygen atoms in total. The fourth-order valence-corrected chi connectivity index (χ4v) is 4.31. The summed E-state index contributed by atoms with van der Waals surface area (Å²) >= 11 is 1.95. The number of urea groups is 1. The summed E-state index contributed by atoms with van der Waals surface area (Å²) in [5.41, 5.74) is 1.10. The summed E-state index contributed by atoms with van der Waals surface area (Å²) in [4.78, 5) is 19.0. The molecule has 2 aliphatic rings. The van der Waals surface area contributed by atoms with E-state index in [2.05, 4.69) is 34.9 Å². The van der Waals surface area contributed by atoms with Gasteiger partial charge < -0.3 is 14.8 Å². The lowest BCUT2D eigenvalue weighted by Gasteiger charge is -2.37. The molecule has 2 amide bonds. The number of hydrogen-bond acceptors (Lipinski definition) is 3. The fourth-order valence-electron chi connectivity index (χ4n) is 3.21. The van der Waals surface area contributed by atoms with Crippen LogP contribution in [0.5, 0.6) is 0 Å². The summed E-state index contributed by atoms with van der Waals surface area (Å²) in [6.07, 6.45) is 6.56. The second-order valence-corrected chi connectivity index (χ2v) is 7.78. The number of rotatable bonds is 3. The third-order valence-corrected chi connectivity index (χ3v) is 6.10. The van der Waals surface area contributed by atoms with Crippen molar-refractivity contribution < 1.29 is 4.79 Å². The molecule has 1 saturated heterocycles. The molecule has 122 valence electrons. The van der Waals surface area contributed by atoms with Crippen LogP contribution in [0.25, 0.3) is 0 Å². The van der Waals surface area contributed by atoms with E-state index in [1.54, 1.807) is 0 Å². The van der Waals surface area contributed by atoms with Crippen LogP contribution >= 0.6 is 11.8 Å². The zero-order valence-electron chi connectivity index (χ0n) is 13.5. The normalized spacial score (nSPS) is 24.9. The first-order valence-electron chi connectivity index (χ1n) is 8.36. The van der Waals surface area contributed by atoms with E-state index in [1.165, 1.54) is 18.7 Å².